The third-order valence-corrected chi connectivity index (χ3v) is 7.64. The minimum atomic E-state index is -5.17. The highest BCUT2D eigenvalue weighted by molar-refractivity contribution is 7.79. The monoisotopic (exact) mass is 884 g/mol. The van der Waals surface area contributed by atoms with E-state index in [1.165, 1.54) is 0 Å². The Labute approximate surface area is 342 Å². The number of hydrogen-bond donors (Lipinski definition) is 8. The molecule has 20 N–H and O–H groups in total. The summed E-state index contributed by atoms with van der Waals surface area (Å²) >= 11 is 0. The summed E-state index contributed by atoms with van der Waals surface area (Å²) in [6.45, 7) is 0. The molecule has 0 amide bonds. The van der Waals surface area contributed by atoms with E-state index in [0.717, 1.165) is 57.2 Å². The number of quaternary nitrogens is 4. The molecule has 0 aliphatic heterocycles. The first-order valence-electron chi connectivity index (χ1n) is 16.1. The lowest BCUT2D eigenvalue weighted by molar-refractivity contribution is -0.255. The normalized spacial score (nSPS) is 16.4. The number of carbonyl (C=O) groups is 4. The van der Waals surface area contributed by atoms with E-state index >= 15 is 0 Å². The van der Waals surface area contributed by atoms with E-state index < -0.39 is 68.3 Å². The molecule has 0 aromatic heterocycles. The number of aliphatic carboxylic acids is 4. The molecule has 1 aliphatic carbocycles. The predicted octanol–water partition coefficient (Wildman–Crippen LogP) is -2.29. The van der Waals surface area contributed by atoms with Crippen molar-refractivity contribution in [2.75, 3.05) is 0 Å². The summed E-state index contributed by atoms with van der Waals surface area (Å²) in [6.07, 6.45) is 5.31. The molecular formula is C36H44N4O18S2. The first kappa shape index (κ1) is 55.8. The van der Waals surface area contributed by atoms with E-state index in [-0.39, 0.29) is 11.0 Å². The molecule has 0 heterocycles. The van der Waals surface area contributed by atoms with Gasteiger partial charge in [-0.2, -0.15) is 0 Å². The van der Waals surface area contributed by atoms with Crippen molar-refractivity contribution in [1.29, 1.82) is 0 Å². The number of hydrogen-bond acceptors (Lipinski definition) is 12. The van der Waals surface area contributed by atoms with Gasteiger partial charge in [-0.25, -0.2) is 9.59 Å². The summed E-state index contributed by atoms with van der Waals surface area (Å²) in [5.41, 5.74) is 21.7. The second kappa shape index (κ2) is 26.0. The second-order valence-corrected chi connectivity index (χ2v) is 13.5. The Morgan fingerprint density at radius 3 is 0.833 bits per heavy atom. The first-order chi connectivity index (χ1) is 26.8. The highest BCUT2D eigenvalue weighted by Gasteiger charge is 2.58. The van der Waals surface area contributed by atoms with Gasteiger partial charge in [-0.05, 0) is 107 Å². The summed E-state index contributed by atoms with van der Waals surface area (Å²) < 4.78 is 68.2. The van der Waals surface area contributed by atoms with Crippen molar-refractivity contribution in [2.45, 2.75) is 11.8 Å². The first-order valence-corrected chi connectivity index (χ1v) is 18.7. The van der Waals surface area contributed by atoms with Gasteiger partial charge in [-0.3, -0.25) is 26.4 Å². The third kappa shape index (κ3) is 23.2. The van der Waals surface area contributed by atoms with Gasteiger partial charge in [0, 0.05) is 44.8 Å². The topological polar surface area (TPSA) is 483 Å². The molecule has 0 radical (unpaired) electrons. The van der Waals surface area contributed by atoms with Gasteiger partial charge in [0.15, 0.2) is 0 Å². The lowest BCUT2D eigenvalue weighted by Crippen LogP contribution is -2.51. The lowest BCUT2D eigenvalue weighted by Gasteiger charge is -2.48. The van der Waals surface area contributed by atoms with Crippen LogP contribution in [0, 0.1) is 11.8 Å². The molecule has 0 atom stereocenters. The molecule has 24 heteroatoms. The lowest BCUT2D eigenvalue weighted by atomic mass is 9.52. The molecule has 60 heavy (non-hydrogen) atoms. The number of carboxylic acids is 4. The van der Waals surface area contributed by atoms with Crippen LogP contribution in [0.4, 0.5) is 22.7 Å². The fourth-order valence-corrected chi connectivity index (χ4v) is 5.26. The molecule has 0 bridgehead atoms. The van der Waals surface area contributed by atoms with Crippen molar-refractivity contribution < 1.29 is 109 Å². The van der Waals surface area contributed by atoms with Gasteiger partial charge in [-0.1, -0.05) is 24.3 Å². The Hall–Kier alpha value is -6.26. The van der Waals surface area contributed by atoms with Crippen molar-refractivity contribution in [3.05, 3.63) is 131 Å². The van der Waals surface area contributed by atoms with E-state index in [2.05, 4.69) is 22.9 Å². The minimum Gasteiger partial charge on any atom is -0.759 e. The molecule has 1 aliphatic rings. The average molecular weight is 885 g/mol. The van der Waals surface area contributed by atoms with Gasteiger partial charge >= 0.3 is 23.9 Å². The number of rotatable bonds is 8. The van der Waals surface area contributed by atoms with E-state index in [4.69, 9.17) is 45.3 Å². The Morgan fingerprint density at radius 1 is 0.450 bits per heavy atom. The SMILES string of the molecule is O.O.O=S(=O)([O-])[O-].O=S(=O)([O-])[O-].[NH3+]c1ccc(/C=C/C(=O)O)cc1.[NH3+]c1ccc(/C=C/C(=O)O)cc1.[NH3+]c1ccc(C2C(C(=O)O)C(c3ccc([NH3+])cc3)C2C(=O)O)cc1. The summed E-state index contributed by atoms with van der Waals surface area (Å²) in [6, 6.07) is 28.8. The zero-order valence-electron chi connectivity index (χ0n) is 31.2. The van der Waals surface area contributed by atoms with Crippen molar-refractivity contribution in [3.8, 4) is 0 Å². The summed E-state index contributed by atoms with van der Waals surface area (Å²) in [7, 11) is -10.3. The van der Waals surface area contributed by atoms with Crippen LogP contribution in [0.25, 0.3) is 12.2 Å². The van der Waals surface area contributed by atoms with Gasteiger partial charge < -0.3 is 72.5 Å². The zero-order valence-corrected chi connectivity index (χ0v) is 32.8. The van der Waals surface area contributed by atoms with E-state index in [9.17, 15) is 29.4 Å². The Balaban J connectivity index is 0. The maximum absolute atomic E-state index is 11.8. The van der Waals surface area contributed by atoms with Gasteiger partial charge in [0.2, 0.25) is 0 Å². The second-order valence-electron chi connectivity index (χ2n) is 11.9. The molecular weight excluding hydrogens is 841 g/mol. The Morgan fingerprint density at radius 2 is 0.650 bits per heavy atom. The van der Waals surface area contributed by atoms with Crippen LogP contribution in [-0.4, -0.2) is 90.3 Å². The maximum atomic E-state index is 11.8. The molecule has 0 spiro atoms. The Bertz CT molecular complexity index is 2080. The molecule has 328 valence electrons. The third-order valence-electron chi connectivity index (χ3n) is 7.64. The van der Waals surface area contributed by atoms with Crippen molar-refractivity contribution >= 4 is 79.6 Å². The van der Waals surface area contributed by atoms with Crippen molar-refractivity contribution in [1.82, 2.24) is 0 Å². The van der Waals surface area contributed by atoms with Crippen LogP contribution in [0.3, 0.4) is 0 Å². The smallest absolute Gasteiger partial charge is 0.328 e. The molecule has 5 rings (SSSR count). The largest absolute Gasteiger partial charge is 0.759 e. The molecule has 22 nitrogen and oxygen atoms in total. The van der Waals surface area contributed by atoms with Crippen LogP contribution in [-0.2, 0) is 40.0 Å². The van der Waals surface area contributed by atoms with Crippen LogP contribution in [0.2, 0.25) is 0 Å². The quantitative estimate of drug-likeness (QED) is 0.0524. The number of benzene rings is 4. The fraction of sp³-hybridized carbons (Fsp3) is 0.111. The van der Waals surface area contributed by atoms with Crippen molar-refractivity contribution in [3.63, 3.8) is 0 Å². The minimum absolute atomic E-state index is 0. The number of carboxylic acid groups (broad SMARTS) is 4. The van der Waals surface area contributed by atoms with Gasteiger partial charge in [0.1, 0.15) is 22.7 Å². The predicted molar refractivity (Wildman–Crippen MR) is 205 cm³/mol. The molecule has 0 unspecified atom stereocenters. The van der Waals surface area contributed by atoms with Gasteiger partial charge in [0.25, 0.3) is 0 Å². The molecule has 0 saturated heterocycles. The molecule has 4 aromatic rings. The standard InChI is InChI=1S/C18H18N2O4.2C9H9NO2.2H2O4S.2H2O/c19-11-5-1-9(2-6-11)13-15(17(21)22)14(16(13)18(23)24)10-3-7-12(20)8-4-10;2*10-8-4-1-7(2-5-8)3-6-9(11)12;2*1-5(2,3)4;;/h1-8,13-16H,19-20H2,(H,21,22)(H,23,24);2*1-6H,10H2,(H,11,12);2*(H2,1,2,3,4);2*1H2/b;2*6-3+;;;;. The highest BCUT2D eigenvalue weighted by atomic mass is 32.3. The highest BCUT2D eigenvalue weighted by Crippen LogP contribution is 2.57. The van der Waals surface area contributed by atoms with E-state index in [1.807, 2.05) is 48.5 Å². The van der Waals surface area contributed by atoms with Crippen LogP contribution in [0.1, 0.15) is 34.1 Å². The summed E-state index contributed by atoms with van der Waals surface area (Å²) in [5, 5.41) is 36.0. The van der Waals surface area contributed by atoms with Crippen LogP contribution >= 0.6 is 0 Å². The van der Waals surface area contributed by atoms with Gasteiger partial charge in [-0.15, -0.1) is 0 Å². The van der Waals surface area contributed by atoms with Crippen LogP contribution < -0.4 is 22.9 Å². The molecule has 1 fully saturated rings. The van der Waals surface area contributed by atoms with Crippen LogP contribution in [0.5, 0.6) is 0 Å². The average Bonchev–Trinajstić information content (AvgIpc) is 3.08. The molecule has 4 aromatic carbocycles. The molecule has 1 saturated carbocycles. The van der Waals surface area contributed by atoms with Crippen LogP contribution in [0.15, 0.2) is 109 Å². The fourth-order valence-electron chi connectivity index (χ4n) is 5.26. The maximum Gasteiger partial charge on any atom is 0.328 e. The van der Waals surface area contributed by atoms with Gasteiger partial charge in [0.05, 0.1) is 11.8 Å². The zero-order chi connectivity index (χ0) is 44.4. The van der Waals surface area contributed by atoms with Crippen molar-refractivity contribution in [2.24, 2.45) is 11.8 Å². The van der Waals surface area contributed by atoms with E-state index in [0.29, 0.717) is 0 Å². The van der Waals surface area contributed by atoms with E-state index in [1.54, 1.807) is 60.7 Å². The summed E-state index contributed by atoms with van der Waals surface area (Å²) in [4.78, 5) is 43.9. The Kier molecular flexibility index (Phi) is 24.2. The summed E-state index contributed by atoms with van der Waals surface area (Å²) in [5.74, 6) is -6.45.